The first-order chi connectivity index (χ1) is 28.3. The molecule has 7 heteroatoms. The van der Waals surface area contributed by atoms with Gasteiger partial charge in [0.15, 0.2) is 0 Å². The van der Waals surface area contributed by atoms with E-state index in [0.29, 0.717) is 0 Å². The van der Waals surface area contributed by atoms with Crippen LogP contribution < -0.4 is 0 Å². The lowest BCUT2D eigenvalue weighted by molar-refractivity contribution is 1.11. The van der Waals surface area contributed by atoms with Crippen molar-refractivity contribution < 1.29 is 0 Å². The van der Waals surface area contributed by atoms with E-state index in [1.807, 2.05) is 0 Å². The van der Waals surface area contributed by atoms with Crippen LogP contribution in [0.4, 0.5) is 0 Å². The molecule has 0 amide bonds. The van der Waals surface area contributed by atoms with Crippen LogP contribution in [0.3, 0.4) is 0 Å². The van der Waals surface area contributed by atoms with Crippen molar-refractivity contribution in [2.24, 2.45) is 0 Å². The minimum absolute atomic E-state index is 0.901. The molecular weight excluding hydrogens is 699 g/mol. The Morgan fingerprint density at radius 1 is 0.281 bits per heavy atom. The number of aromatic nitrogens is 7. The fourth-order valence-corrected chi connectivity index (χ4v) is 9.20. The fourth-order valence-electron chi connectivity index (χ4n) is 9.20. The number of para-hydroxylation sites is 7. The third-order valence-corrected chi connectivity index (χ3v) is 11.7. The third kappa shape index (κ3) is 4.20. The van der Waals surface area contributed by atoms with Gasteiger partial charge in [-0.2, -0.15) is 0 Å². The molecule has 0 spiro atoms. The fraction of sp³-hybridized carbons (Fsp3) is 0. The molecule has 0 aliphatic rings. The van der Waals surface area contributed by atoms with Gasteiger partial charge in [-0.1, -0.05) is 91.0 Å². The summed E-state index contributed by atoms with van der Waals surface area (Å²) in [7, 11) is 0. The van der Waals surface area contributed by atoms with Crippen LogP contribution in [-0.2, 0) is 0 Å². The molecule has 8 aromatic carbocycles. The van der Waals surface area contributed by atoms with Crippen molar-refractivity contribution in [2.45, 2.75) is 0 Å². The van der Waals surface area contributed by atoms with Crippen molar-refractivity contribution in [3.8, 4) is 28.2 Å². The van der Waals surface area contributed by atoms with Gasteiger partial charge in [-0.3, -0.25) is 17.9 Å². The first-order valence-corrected chi connectivity index (χ1v) is 19.3. The average molecular weight is 730 g/mol. The van der Waals surface area contributed by atoms with E-state index in [-0.39, 0.29) is 0 Å². The second kappa shape index (κ2) is 11.3. The minimum Gasteiger partial charge on any atom is -0.309 e. The summed E-state index contributed by atoms with van der Waals surface area (Å²) in [4.78, 5) is 10.3. The molecule has 5 aromatic heterocycles. The summed E-state index contributed by atoms with van der Waals surface area (Å²) < 4.78 is 11.5. The molecule has 0 unspecified atom stereocenters. The molecule has 13 rings (SSSR count). The van der Waals surface area contributed by atoms with Gasteiger partial charge in [-0.05, 0) is 108 Å². The molecule has 0 N–H and O–H groups in total. The zero-order chi connectivity index (χ0) is 37.2. The van der Waals surface area contributed by atoms with Crippen LogP contribution in [0.1, 0.15) is 0 Å². The Morgan fingerprint density at radius 2 is 0.754 bits per heavy atom. The van der Waals surface area contributed by atoms with Gasteiger partial charge in [0.25, 0.3) is 0 Å². The number of fused-ring (bicyclic) bond motifs is 13. The Bertz CT molecular complexity index is 3750. The lowest BCUT2D eigenvalue weighted by atomic mass is 10.0. The highest BCUT2D eigenvalue weighted by Gasteiger charge is 2.21. The highest BCUT2D eigenvalue weighted by atomic mass is 15.2. The summed E-state index contributed by atoms with van der Waals surface area (Å²) in [5.74, 6) is 1.81. The van der Waals surface area contributed by atoms with Crippen molar-refractivity contribution >= 4 is 77.5 Å². The lowest BCUT2D eigenvalue weighted by Crippen LogP contribution is -1.96. The van der Waals surface area contributed by atoms with E-state index in [0.717, 1.165) is 83.8 Å². The number of hydrogen-bond donors (Lipinski definition) is 0. The minimum atomic E-state index is 0.901. The second-order valence-electron chi connectivity index (χ2n) is 14.8. The van der Waals surface area contributed by atoms with Gasteiger partial charge in [0.05, 0.1) is 55.2 Å². The molecular formula is C50H31N7. The first-order valence-electron chi connectivity index (χ1n) is 19.3. The number of benzene rings is 8. The van der Waals surface area contributed by atoms with Gasteiger partial charge in [0.1, 0.15) is 0 Å². The predicted molar refractivity (Wildman–Crippen MR) is 232 cm³/mol. The molecule has 7 nitrogen and oxygen atoms in total. The van der Waals surface area contributed by atoms with Crippen LogP contribution in [0.2, 0.25) is 0 Å². The molecule has 0 saturated heterocycles. The molecule has 0 bridgehead atoms. The van der Waals surface area contributed by atoms with E-state index >= 15 is 0 Å². The zero-order valence-electron chi connectivity index (χ0n) is 30.5. The maximum Gasteiger partial charge on any atom is 0.220 e. The van der Waals surface area contributed by atoms with Crippen molar-refractivity contribution in [1.29, 1.82) is 0 Å². The molecule has 57 heavy (non-hydrogen) atoms. The Morgan fingerprint density at radius 3 is 1.39 bits per heavy atom. The molecule has 5 heterocycles. The smallest absolute Gasteiger partial charge is 0.220 e. The molecule has 0 radical (unpaired) electrons. The number of nitrogens with zero attached hydrogens (tertiary/aromatic N) is 7. The van der Waals surface area contributed by atoms with Gasteiger partial charge in [0.2, 0.25) is 11.6 Å². The maximum absolute atomic E-state index is 5.14. The Labute approximate surface area is 325 Å². The molecule has 0 atom stereocenters. The normalized spacial score (nSPS) is 12.2. The van der Waals surface area contributed by atoms with E-state index in [2.05, 4.69) is 211 Å². The van der Waals surface area contributed by atoms with E-state index in [4.69, 9.17) is 9.97 Å². The van der Waals surface area contributed by atoms with Gasteiger partial charge in [-0.25, -0.2) is 9.97 Å². The van der Waals surface area contributed by atoms with Crippen molar-refractivity contribution in [3.63, 3.8) is 0 Å². The topological polar surface area (TPSA) is 49.4 Å². The summed E-state index contributed by atoms with van der Waals surface area (Å²) in [5.41, 5.74) is 16.5. The molecule has 0 aliphatic heterocycles. The number of hydrogen-bond acceptors (Lipinski definition) is 2. The van der Waals surface area contributed by atoms with Crippen LogP contribution in [0.25, 0.3) is 106 Å². The van der Waals surface area contributed by atoms with Crippen LogP contribution in [0.15, 0.2) is 188 Å². The second-order valence-corrected chi connectivity index (χ2v) is 14.8. The van der Waals surface area contributed by atoms with Gasteiger partial charge < -0.3 is 4.57 Å². The summed E-state index contributed by atoms with van der Waals surface area (Å²) in [5, 5.41) is 2.43. The summed E-state index contributed by atoms with van der Waals surface area (Å²) in [6, 6.07) is 67.1. The van der Waals surface area contributed by atoms with Crippen LogP contribution in [-0.4, -0.2) is 32.5 Å². The molecule has 0 aliphatic carbocycles. The molecule has 13 aromatic rings. The Hall–Kier alpha value is -7.90. The van der Waals surface area contributed by atoms with Gasteiger partial charge in [0, 0.05) is 27.8 Å². The van der Waals surface area contributed by atoms with Gasteiger partial charge >= 0.3 is 0 Å². The SMILES string of the molecule is c1ccc(-n2c3ccc(-c4ccc5c(c4)c4ccccc4n5-c4ccc5c(c4)n4c6ccccc6nc4n5-c4ccccc4)cc3n3c4ccccc4nc23)cc1. The third-order valence-electron chi connectivity index (χ3n) is 11.7. The van der Waals surface area contributed by atoms with E-state index in [1.165, 1.54) is 21.9 Å². The van der Waals surface area contributed by atoms with E-state index < -0.39 is 0 Å². The zero-order valence-corrected chi connectivity index (χ0v) is 30.5. The molecule has 266 valence electrons. The van der Waals surface area contributed by atoms with Crippen LogP contribution in [0.5, 0.6) is 0 Å². The quantitative estimate of drug-likeness (QED) is 0.181. The highest BCUT2D eigenvalue weighted by Crippen LogP contribution is 2.38. The Balaban J connectivity index is 1.02. The largest absolute Gasteiger partial charge is 0.309 e. The van der Waals surface area contributed by atoms with Crippen LogP contribution in [0, 0.1) is 0 Å². The van der Waals surface area contributed by atoms with Crippen molar-refractivity contribution in [3.05, 3.63) is 188 Å². The van der Waals surface area contributed by atoms with E-state index in [1.54, 1.807) is 0 Å². The maximum atomic E-state index is 5.14. The summed E-state index contributed by atoms with van der Waals surface area (Å²) >= 11 is 0. The van der Waals surface area contributed by atoms with Crippen molar-refractivity contribution in [2.75, 3.05) is 0 Å². The molecule has 0 fully saturated rings. The lowest BCUT2D eigenvalue weighted by Gasteiger charge is -2.10. The molecule has 0 saturated carbocycles. The van der Waals surface area contributed by atoms with Crippen molar-refractivity contribution in [1.82, 2.24) is 32.5 Å². The van der Waals surface area contributed by atoms with Gasteiger partial charge in [-0.15, -0.1) is 0 Å². The summed E-state index contributed by atoms with van der Waals surface area (Å²) in [6.07, 6.45) is 0. The monoisotopic (exact) mass is 729 g/mol. The standard InChI is InChI=1S/C50H31N7/c1-3-13-34(14-4-1)54-45-27-24-33(30-47(45)56-43-21-11-8-18-39(43)51-49(54)56)32-23-26-42-38(29-32)37-17-7-10-20-41(37)53(42)36-25-28-46-48(31-36)57-44-22-12-9-19-40(44)52-50(57)55(46)35-15-5-2-6-16-35/h1-31H. The predicted octanol–water partition coefficient (Wildman–Crippen LogP) is 11.9. The Kier molecular flexibility index (Phi) is 6.04. The summed E-state index contributed by atoms with van der Waals surface area (Å²) in [6.45, 7) is 0. The number of rotatable bonds is 4. The van der Waals surface area contributed by atoms with E-state index in [9.17, 15) is 0 Å². The first kappa shape index (κ1) is 30.4. The average Bonchev–Trinajstić information content (AvgIpc) is 4.06. The number of imidazole rings is 4. The van der Waals surface area contributed by atoms with Crippen LogP contribution >= 0.6 is 0 Å². The highest BCUT2D eigenvalue weighted by molar-refractivity contribution is 6.11.